The third-order valence-corrected chi connectivity index (χ3v) is 3.89. The van der Waals surface area contributed by atoms with E-state index in [-0.39, 0.29) is 11.8 Å². The molecule has 0 N–H and O–H groups in total. The maximum Gasteiger partial charge on any atom is 0.259 e. The fraction of sp³-hybridized carbons (Fsp3) is 0.0556. The highest BCUT2D eigenvalue weighted by Gasteiger charge is 2.43. The number of anilines is 1. The van der Waals surface area contributed by atoms with Crippen LogP contribution >= 0.6 is 0 Å². The predicted molar refractivity (Wildman–Crippen MR) is 83.6 cm³/mol. The Labute approximate surface area is 127 Å². The van der Waals surface area contributed by atoms with E-state index in [1.165, 1.54) is 11.0 Å². The average molecular weight is 288 g/mol. The summed E-state index contributed by atoms with van der Waals surface area (Å²) in [6, 6.07) is 18.7. The van der Waals surface area contributed by atoms with Crippen molar-refractivity contribution in [3.05, 3.63) is 77.9 Å². The molecule has 106 valence electrons. The molecule has 0 saturated heterocycles. The molecular weight excluding hydrogens is 276 g/mol. The van der Waals surface area contributed by atoms with Crippen molar-refractivity contribution in [2.24, 2.45) is 4.99 Å². The first kappa shape index (κ1) is 12.7. The van der Waals surface area contributed by atoms with E-state index in [1.807, 2.05) is 60.7 Å². The molecule has 2 aromatic carbocycles. The number of carbonyl (C=O) groups is 2. The van der Waals surface area contributed by atoms with Crippen LogP contribution in [0.2, 0.25) is 0 Å². The molecule has 0 aliphatic carbocycles. The van der Waals surface area contributed by atoms with Crippen LogP contribution in [0.15, 0.2) is 77.3 Å². The first-order valence-electron chi connectivity index (χ1n) is 7.04. The normalized spacial score (nSPS) is 20.0. The van der Waals surface area contributed by atoms with Crippen LogP contribution in [0.1, 0.15) is 11.5 Å². The largest absolute Gasteiger partial charge is 0.271 e. The summed E-state index contributed by atoms with van der Waals surface area (Å²) in [4.78, 5) is 30.3. The third-order valence-electron chi connectivity index (χ3n) is 3.89. The smallest absolute Gasteiger partial charge is 0.259 e. The Bertz CT molecular complexity index is 751. The predicted octanol–water partition coefficient (Wildman–Crippen LogP) is 2.68. The Morgan fingerprint density at radius 2 is 1.50 bits per heavy atom. The molecule has 0 saturated carbocycles. The van der Waals surface area contributed by atoms with Gasteiger partial charge in [0.1, 0.15) is 5.84 Å². The lowest BCUT2D eigenvalue weighted by atomic mass is 9.92. The monoisotopic (exact) mass is 288 g/mol. The molecule has 1 atom stereocenters. The summed E-state index contributed by atoms with van der Waals surface area (Å²) in [7, 11) is 0. The summed E-state index contributed by atoms with van der Waals surface area (Å²) in [6.45, 7) is 0. The van der Waals surface area contributed by atoms with Gasteiger partial charge in [-0.15, -0.1) is 0 Å². The molecule has 0 radical (unpaired) electrons. The summed E-state index contributed by atoms with van der Waals surface area (Å²) in [5.41, 5.74) is 2.27. The van der Waals surface area contributed by atoms with Crippen LogP contribution < -0.4 is 4.90 Å². The van der Waals surface area contributed by atoms with Crippen LogP contribution in [0.5, 0.6) is 0 Å². The molecule has 2 heterocycles. The maximum absolute atomic E-state index is 12.3. The van der Waals surface area contributed by atoms with Gasteiger partial charge in [-0.3, -0.25) is 14.5 Å². The molecule has 1 unspecified atom stereocenters. The zero-order valence-electron chi connectivity index (χ0n) is 11.6. The van der Waals surface area contributed by atoms with Gasteiger partial charge in [0, 0.05) is 11.6 Å². The van der Waals surface area contributed by atoms with Crippen molar-refractivity contribution in [1.29, 1.82) is 0 Å². The van der Waals surface area contributed by atoms with Gasteiger partial charge in [0.25, 0.3) is 11.8 Å². The zero-order chi connectivity index (χ0) is 15.1. The summed E-state index contributed by atoms with van der Waals surface area (Å²) in [6.07, 6.45) is 1.52. The van der Waals surface area contributed by atoms with Crippen molar-refractivity contribution in [2.75, 3.05) is 4.90 Å². The number of para-hydroxylation sites is 1. The quantitative estimate of drug-likeness (QED) is 0.853. The van der Waals surface area contributed by atoms with Crippen molar-refractivity contribution < 1.29 is 9.59 Å². The lowest BCUT2D eigenvalue weighted by Crippen LogP contribution is -2.30. The summed E-state index contributed by atoms with van der Waals surface area (Å²) in [5, 5.41) is 0. The van der Waals surface area contributed by atoms with Gasteiger partial charge < -0.3 is 0 Å². The average Bonchev–Trinajstić information content (AvgIpc) is 3.01. The first-order chi connectivity index (χ1) is 10.8. The number of hydrogen-bond donors (Lipinski definition) is 0. The Kier molecular flexibility index (Phi) is 2.76. The van der Waals surface area contributed by atoms with E-state index in [9.17, 15) is 9.59 Å². The molecule has 2 aliphatic rings. The van der Waals surface area contributed by atoms with Gasteiger partial charge in [0.2, 0.25) is 0 Å². The number of nitrogens with zero attached hydrogens (tertiary/aromatic N) is 2. The van der Waals surface area contributed by atoms with Gasteiger partial charge in [-0.1, -0.05) is 48.5 Å². The minimum absolute atomic E-state index is 0.159. The van der Waals surface area contributed by atoms with Gasteiger partial charge in [-0.2, -0.15) is 4.99 Å². The first-order valence-corrected chi connectivity index (χ1v) is 7.04. The second-order valence-corrected chi connectivity index (χ2v) is 5.23. The number of rotatable bonds is 2. The van der Waals surface area contributed by atoms with Gasteiger partial charge in [0.15, 0.2) is 0 Å². The highest BCUT2D eigenvalue weighted by molar-refractivity contribution is 6.38. The standard InChI is InChI=1S/C18H12N2O2/c21-15-11-14-16(12-7-3-1-4-8-12)18(22)19-17(14)20(15)13-9-5-2-6-10-13/h1-11,16H. The molecule has 22 heavy (non-hydrogen) atoms. The van der Waals surface area contributed by atoms with E-state index in [1.54, 1.807) is 0 Å². The van der Waals surface area contributed by atoms with E-state index in [0.29, 0.717) is 11.4 Å². The van der Waals surface area contributed by atoms with Crippen LogP contribution in [-0.4, -0.2) is 17.6 Å². The van der Waals surface area contributed by atoms with Gasteiger partial charge in [-0.05, 0) is 17.7 Å². The third kappa shape index (κ3) is 1.81. The number of amidine groups is 1. The molecule has 4 heteroatoms. The molecule has 2 aromatic rings. The van der Waals surface area contributed by atoms with Crippen LogP contribution in [0.25, 0.3) is 0 Å². The van der Waals surface area contributed by atoms with Crippen LogP contribution in [0, 0.1) is 0 Å². The fourth-order valence-corrected chi connectivity index (χ4v) is 2.92. The molecule has 4 rings (SSSR count). The molecular formula is C18H12N2O2. The highest BCUT2D eigenvalue weighted by atomic mass is 16.2. The molecule has 0 aromatic heterocycles. The van der Waals surface area contributed by atoms with Gasteiger partial charge in [0.05, 0.1) is 11.6 Å². The Morgan fingerprint density at radius 1 is 0.864 bits per heavy atom. The fourth-order valence-electron chi connectivity index (χ4n) is 2.92. The topological polar surface area (TPSA) is 49.7 Å². The maximum atomic E-state index is 12.3. The highest BCUT2D eigenvalue weighted by Crippen LogP contribution is 2.38. The molecule has 2 amide bonds. The van der Waals surface area contributed by atoms with Crippen molar-refractivity contribution in [2.45, 2.75) is 5.92 Å². The van der Waals surface area contributed by atoms with E-state index < -0.39 is 5.92 Å². The van der Waals surface area contributed by atoms with E-state index >= 15 is 0 Å². The lowest BCUT2D eigenvalue weighted by Gasteiger charge is -2.16. The second kappa shape index (κ2) is 4.77. The van der Waals surface area contributed by atoms with Crippen molar-refractivity contribution >= 4 is 23.3 Å². The molecule has 0 spiro atoms. The molecule has 0 fully saturated rings. The minimum atomic E-state index is -0.478. The number of carbonyl (C=O) groups excluding carboxylic acids is 2. The number of fused-ring (bicyclic) bond motifs is 1. The summed E-state index contributed by atoms with van der Waals surface area (Å²) in [5.74, 6) is -0.404. The van der Waals surface area contributed by atoms with Crippen LogP contribution in [-0.2, 0) is 9.59 Å². The summed E-state index contributed by atoms with van der Waals surface area (Å²) >= 11 is 0. The van der Waals surface area contributed by atoms with E-state index in [4.69, 9.17) is 0 Å². The Morgan fingerprint density at radius 3 is 2.18 bits per heavy atom. The SMILES string of the molecule is O=C1N=C2C(=CC(=O)N2c2ccccc2)C1c1ccccc1. The zero-order valence-corrected chi connectivity index (χ0v) is 11.6. The van der Waals surface area contributed by atoms with Crippen molar-refractivity contribution in [3.8, 4) is 0 Å². The van der Waals surface area contributed by atoms with Crippen molar-refractivity contribution in [3.63, 3.8) is 0 Å². The Balaban J connectivity index is 1.77. The number of benzene rings is 2. The van der Waals surface area contributed by atoms with E-state index in [0.717, 1.165) is 11.3 Å². The summed E-state index contributed by atoms with van der Waals surface area (Å²) < 4.78 is 0. The van der Waals surface area contributed by atoms with Crippen LogP contribution in [0.3, 0.4) is 0 Å². The van der Waals surface area contributed by atoms with Crippen LogP contribution in [0.4, 0.5) is 5.69 Å². The van der Waals surface area contributed by atoms with Gasteiger partial charge in [-0.25, -0.2) is 0 Å². The molecule has 4 nitrogen and oxygen atoms in total. The second-order valence-electron chi connectivity index (χ2n) is 5.23. The number of aliphatic imine (C=N–C) groups is 1. The number of amides is 2. The molecule has 0 bridgehead atoms. The molecule has 2 aliphatic heterocycles. The van der Waals surface area contributed by atoms with Crippen molar-refractivity contribution in [1.82, 2.24) is 0 Å². The lowest BCUT2D eigenvalue weighted by molar-refractivity contribution is -0.117. The van der Waals surface area contributed by atoms with Gasteiger partial charge >= 0.3 is 0 Å². The minimum Gasteiger partial charge on any atom is -0.271 e. The Hall–Kier alpha value is -3.01. The van der Waals surface area contributed by atoms with E-state index in [2.05, 4.69) is 4.99 Å². The number of hydrogen-bond acceptors (Lipinski definition) is 2.